The molecule has 0 aliphatic carbocycles. The van der Waals surface area contributed by atoms with Crippen molar-refractivity contribution in [1.29, 1.82) is 0 Å². The van der Waals surface area contributed by atoms with E-state index < -0.39 is 23.1 Å². The van der Waals surface area contributed by atoms with Crippen LogP contribution in [0.2, 0.25) is 0 Å². The van der Waals surface area contributed by atoms with E-state index in [2.05, 4.69) is 5.10 Å². The lowest BCUT2D eigenvalue weighted by molar-refractivity contribution is -0.155. The number of hydrogen-bond acceptors (Lipinski definition) is 5. The van der Waals surface area contributed by atoms with Crippen molar-refractivity contribution < 1.29 is 19.0 Å². The molecular weight excluding hydrogens is 284 g/mol. The zero-order chi connectivity index (χ0) is 16.8. The van der Waals surface area contributed by atoms with Crippen LogP contribution in [0.25, 0.3) is 0 Å². The summed E-state index contributed by atoms with van der Waals surface area (Å²) in [6, 6.07) is 0. The lowest BCUT2D eigenvalue weighted by Crippen LogP contribution is -2.41. The molecule has 22 heavy (non-hydrogen) atoms. The van der Waals surface area contributed by atoms with Crippen LogP contribution in [0, 0.1) is 0 Å². The van der Waals surface area contributed by atoms with E-state index in [0.29, 0.717) is 0 Å². The Kier molecular flexibility index (Phi) is 4.13. The molecule has 1 fully saturated rings. The minimum Gasteiger partial charge on any atom is -0.459 e. The largest absolute Gasteiger partial charge is 0.459 e. The Balaban J connectivity index is 2.03. The summed E-state index contributed by atoms with van der Waals surface area (Å²) in [5.41, 5.74) is -0.503. The highest BCUT2D eigenvalue weighted by molar-refractivity contribution is 5.69. The molecule has 0 amide bonds. The Morgan fingerprint density at radius 1 is 1.27 bits per heavy atom. The maximum absolute atomic E-state index is 11.8. The summed E-state index contributed by atoms with van der Waals surface area (Å²) >= 11 is 0. The summed E-state index contributed by atoms with van der Waals surface area (Å²) in [5, 5.41) is 4.18. The van der Waals surface area contributed by atoms with E-state index in [1.807, 2.05) is 48.5 Å². The monoisotopic (exact) mass is 310 g/mol. The van der Waals surface area contributed by atoms with E-state index in [9.17, 15) is 4.79 Å². The average molecular weight is 310 g/mol. The molecule has 1 aliphatic rings. The van der Waals surface area contributed by atoms with Crippen molar-refractivity contribution in [2.75, 3.05) is 0 Å². The number of nitrogens with zero attached hydrogens (tertiary/aromatic N) is 2. The van der Waals surface area contributed by atoms with Gasteiger partial charge in [0.2, 0.25) is 0 Å². The summed E-state index contributed by atoms with van der Waals surface area (Å²) in [5.74, 6) is -0.323. The minimum atomic E-state index is -0.501. The summed E-state index contributed by atoms with van der Waals surface area (Å²) in [6.07, 6.45) is 2.94. The predicted octanol–water partition coefficient (Wildman–Crippen LogP) is 2.83. The molecule has 0 saturated carbocycles. The van der Waals surface area contributed by atoms with E-state index in [-0.39, 0.29) is 12.5 Å². The van der Waals surface area contributed by atoms with Crippen LogP contribution >= 0.6 is 0 Å². The first kappa shape index (κ1) is 17.0. The Morgan fingerprint density at radius 2 is 1.82 bits per heavy atom. The van der Waals surface area contributed by atoms with E-state index in [1.165, 1.54) is 4.68 Å². The summed E-state index contributed by atoms with van der Waals surface area (Å²) in [7, 11) is 0. The second kappa shape index (κ2) is 5.35. The summed E-state index contributed by atoms with van der Waals surface area (Å²) in [4.78, 5) is 11.8. The number of rotatable bonds is 3. The zero-order valence-electron chi connectivity index (χ0n) is 14.5. The normalized spacial score (nSPS) is 21.0. The van der Waals surface area contributed by atoms with Gasteiger partial charge in [0.15, 0.2) is 6.29 Å². The molecule has 0 N–H and O–H groups in total. The first-order chi connectivity index (χ1) is 9.90. The molecule has 1 aliphatic heterocycles. The van der Waals surface area contributed by atoms with Crippen molar-refractivity contribution in [3.05, 3.63) is 18.0 Å². The van der Waals surface area contributed by atoms with Crippen molar-refractivity contribution in [3.8, 4) is 0 Å². The van der Waals surface area contributed by atoms with Crippen LogP contribution in [0.1, 0.15) is 60.3 Å². The van der Waals surface area contributed by atoms with Crippen LogP contribution in [0.15, 0.2) is 12.4 Å². The standard InChI is InChI=1S/C16H26N2O4/c1-14(2,3)20-12(19)10-18-9-11(8-17-18)13-21-15(4,5)16(6,7)22-13/h8-9,13H,10H2,1-7H3. The second-order valence-corrected chi connectivity index (χ2v) is 7.65. The fraction of sp³-hybridized carbons (Fsp3) is 0.750. The minimum absolute atomic E-state index is 0.0662. The Hall–Kier alpha value is -1.40. The Bertz CT molecular complexity index is 539. The first-order valence-corrected chi connectivity index (χ1v) is 7.49. The molecule has 124 valence electrons. The maximum Gasteiger partial charge on any atom is 0.328 e. The lowest BCUT2D eigenvalue weighted by atomic mass is 9.90. The summed E-state index contributed by atoms with van der Waals surface area (Å²) < 4.78 is 18.7. The molecule has 0 spiro atoms. The van der Waals surface area contributed by atoms with Gasteiger partial charge in [-0.2, -0.15) is 5.10 Å². The fourth-order valence-electron chi connectivity index (χ4n) is 2.07. The van der Waals surface area contributed by atoms with Gasteiger partial charge in [-0.15, -0.1) is 0 Å². The molecule has 2 heterocycles. The molecule has 0 radical (unpaired) electrons. The third-order valence-corrected chi connectivity index (χ3v) is 3.89. The van der Waals surface area contributed by atoms with E-state index in [0.717, 1.165) is 5.56 Å². The SMILES string of the molecule is CC(C)(C)OC(=O)Cn1cc(C2OC(C)(C)C(C)(C)O2)cn1. The van der Waals surface area contributed by atoms with Crippen molar-refractivity contribution >= 4 is 5.97 Å². The fourth-order valence-corrected chi connectivity index (χ4v) is 2.07. The van der Waals surface area contributed by atoms with Crippen LogP contribution < -0.4 is 0 Å². The van der Waals surface area contributed by atoms with Gasteiger partial charge >= 0.3 is 5.97 Å². The Labute approximate surface area is 131 Å². The van der Waals surface area contributed by atoms with Gasteiger partial charge in [-0.3, -0.25) is 9.48 Å². The van der Waals surface area contributed by atoms with Gasteiger partial charge in [0.05, 0.1) is 17.4 Å². The van der Waals surface area contributed by atoms with E-state index >= 15 is 0 Å². The lowest BCUT2D eigenvalue weighted by Gasteiger charge is -2.30. The highest BCUT2D eigenvalue weighted by atomic mass is 16.7. The highest BCUT2D eigenvalue weighted by Gasteiger charge is 2.49. The van der Waals surface area contributed by atoms with Crippen LogP contribution in [0.4, 0.5) is 0 Å². The molecule has 1 aromatic rings. The van der Waals surface area contributed by atoms with Crippen molar-refractivity contribution in [2.24, 2.45) is 0 Å². The van der Waals surface area contributed by atoms with E-state index in [1.54, 1.807) is 12.4 Å². The number of hydrogen-bond donors (Lipinski definition) is 0. The van der Waals surface area contributed by atoms with E-state index in [4.69, 9.17) is 14.2 Å². The number of esters is 1. The van der Waals surface area contributed by atoms with Gasteiger partial charge in [0.1, 0.15) is 12.1 Å². The van der Waals surface area contributed by atoms with Crippen LogP contribution in [-0.4, -0.2) is 32.6 Å². The van der Waals surface area contributed by atoms with Crippen LogP contribution in [0.5, 0.6) is 0 Å². The van der Waals surface area contributed by atoms with Crippen LogP contribution in [0.3, 0.4) is 0 Å². The number of ether oxygens (including phenoxy) is 3. The maximum atomic E-state index is 11.8. The highest BCUT2D eigenvalue weighted by Crippen LogP contribution is 2.44. The van der Waals surface area contributed by atoms with Gasteiger partial charge in [0.25, 0.3) is 0 Å². The number of aromatic nitrogens is 2. The van der Waals surface area contributed by atoms with Gasteiger partial charge < -0.3 is 14.2 Å². The molecule has 0 atom stereocenters. The smallest absolute Gasteiger partial charge is 0.328 e. The van der Waals surface area contributed by atoms with Crippen molar-refractivity contribution in [1.82, 2.24) is 9.78 Å². The molecule has 0 bridgehead atoms. The predicted molar refractivity (Wildman–Crippen MR) is 81.1 cm³/mol. The molecule has 2 rings (SSSR count). The van der Waals surface area contributed by atoms with Gasteiger partial charge in [0, 0.05) is 11.8 Å². The molecule has 0 unspecified atom stereocenters. The molecule has 1 saturated heterocycles. The topological polar surface area (TPSA) is 62.6 Å². The van der Waals surface area contributed by atoms with Gasteiger partial charge in [-0.25, -0.2) is 0 Å². The molecule has 0 aromatic carbocycles. The molecule has 6 heteroatoms. The third-order valence-electron chi connectivity index (χ3n) is 3.89. The van der Waals surface area contributed by atoms with Crippen molar-refractivity contribution in [2.45, 2.75) is 78.1 Å². The zero-order valence-corrected chi connectivity index (χ0v) is 14.5. The molecular formula is C16H26N2O4. The Morgan fingerprint density at radius 3 is 2.32 bits per heavy atom. The third kappa shape index (κ3) is 3.67. The van der Waals surface area contributed by atoms with Gasteiger partial charge in [-0.1, -0.05) is 0 Å². The van der Waals surface area contributed by atoms with Crippen LogP contribution in [-0.2, 0) is 25.5 Å². The molecule has 6 nitrogen and oxygen atoms in total. The van der Waals surface area contributed by atoms with Crippen molar-refractivity contribution in [3.63, 3.8) is 0 Å². The van der Waals surface area contributed by atoms with Gasteiger partial charge in [-0.05, 0) is 48.5 Å². The summed E-state index contributed by atoms with van der Waals surface area (Å²) in [6.45, 7) is 13.6. The number of carbonyl (C=O) groups is 1. The average Bonchev–Trinajstić information content (AvgIpc) is 2.79. The number of carbonyl (C=O) groups excluding carboxylic acids is 1. The first-order valence-electron chi connectivity index (χ1n) is 7.49. The molecule has 1 aromatic heterocycles. The quantitative estimate of drug-likeness (QED) is 0.803. The second-order valence-electron chi connectivity index (χ2n) is 7.65.